The molecule has 0 saturated carbocycles. The van der Waals surface area contributed by atoms with Crippen LogP contribution in [0, 0.1) is 6.92 Å². The molecule has 0 aliphatic carbocycles. The van der Waals surface area contributed by atoms with Crippen molar-refractivity contribution in [3.63, 3.8) is 0 Å². The molecule has 2 rings (SSSR count). The lowest BCUT2D eigenvalue weighted by Gasteiger charge is -2.07. The van der Waals surface area contributed by atoms with Gasteiger partial charge in [-0.25, -0.2) is 9.59 Å². The van der Waals surface area contributed by atoms with E-state index in [1.165, 1.54) is 0 Å². The molecule has 1 N–H and O–H groups in total. The highest BCUT2D eigenvalue weighted by Crippen LogP contribution is 2.34. The summed E-state index contributed by atoms with van der Waals surface area (Å²) < 4.78 is 12.5. The van der Waals surface area contributed by atoms with Gasteiger partial charge in [-0.1, -0.05) is 0 Å². The molecule has 0 unspecified atom stereocenters. The summed E-state index contributed by atoms with van der Waals surface area (Å²) in [5, 5.41) is 7.07. The fourth-order valence-corrected chi connectivity index (χ4v) is 3.74. The molecule has 1 amide bonds. The molecular weight excluding hydrogens is 438 g/mol. The standard InChI is InChI=1S/C17H20BrN3O5S/c1-4-25-16(23)13-10(3)14(17(24)26-5-2)27-15(13)20-12(22)6-7-21-9-11(18)8-19-21/h8-9H,4-7H2,1-3H3,(H,20,22). The fraction of sp³-hybridized carbons (Fsp3) is 0.412. The summed E-state index contributed by atoms with van der Waals surface area (Å²) in [6, 6.07) is 0. The molecule has 2 aromatic heterocycles. The number of thiophene rings is 1. The molecule has 2 aromatic rings. The molecule has 0 radical (unpaired) electrons. The number of nitrogens with zero attached hydrogens (tertiary/aromatic N) is 2. The molecule has 0 saturated heterocycles. The second-order valence-corrected chi connectivity index (χ2v) is 7.36. The number of carbonyl (C=O) groups excluding carboxylic acids is 3. The van der Waals surface area contributed by atoms with Crippen LogP contribution in [-0.4, -0.2) is 40.8 Å². The van der Waals surface area contributed by atoms with Crippen LogP contribution in [-0.2, 0) is 20.8 Å². The van der Waals surface area contributed by atoms with Crippen LogP contribution in [0.1, 0.15) is 45.9 Å². The lowest BCUT2D eigenvalue weighted by Crippen LogP contribution is -2.16. The summed E-state index contributed by atoms with van der Waals surface area (Å²) in [4.78, 5) is 37.0. The zero-order valence-corrected chi connectivity index (χ0v) is 17.6. The van der Waals surface area contributed by atoms with Crippen LogP contribution in [0.4, 0.5) is 5.00 Å². The SMILES string of the molecule is CCOC(=O)c1sc(NC(=O)CCn2cc(Br)cn2)c(C(=O)OCC)c1C. The molecule has 0 fully saturated rings. The van der Waals surface area contributed by atoms with Crippen molar-refractivity contribution in [2.24, 2.45) is 0 Å². The number of aromatic nitrogens is 2. The van der Waals surface area contributed by atoms with Crippen molar-refractivity contribution >= 4 is 50.1 Å². The number of rotatable bonds is 8. The number of halogens is 1. The quantitative estimate of drug-likeness (QED) is 0.609. The van der Waals surface area contributed by atoms with Crippen molar-refractivity contribution < 1.29 is 23.9 Å². The van der Waals surface area contributed by atoms with E-state index in [1.807, 2.05) is 0 Å². The molecule has 27 heavy (non-hydrogen) atoms. The first kappa shape index (κ1) is 21.1. The Morgan fingerprint density at radius 3 is 2.48 bits per heavy atom. The summed E-state index contributed by atoms with van der Waals surface area (Å²) in [7, 11) is 0. The summed E-state index contributed by atoms with van der Waals surface area (Å²) in [6.07, 6.45) is 3.54. The minimum atomic E-state index is -0.590. The highest BCUT2D eigenvalue weighted by atomic mass is 79.9. The zero-order chi connectivity index (χ0) is 20.0. The number of nitrogens with one attached hydrogen (secondary N) is 1. The van der Waals surface area contributed by atoms with Crippen molar-refractivity contribution in [3.05, 3.63) is 32.9 Å². The Hall–Kier alpha value is -2.20. The Kier molecular flexibility index (Phi) is 7.55. The van der Waals surface area contributed by atoms with Gasteiger partial charge in [0.25, 0.3) is 0 Å². The first-order valence-electron chi connectivity index (χ1n) is 8.32. The van der Waals surface area contributed by atoms with Gasteiger partial charge >= 0.3 is 11.9 Å². The van der Waals surface area contributed by atoms with Crippen molar-refractivity contribution in [3.8, 4) is 0 Å². The molecular formula is C17H20BrN3O5S. The van der Waals surface area contributed by atoms with Crippen molar-refractivity contribution in [2.75, 3.05) is 18.5 Å². The summed E-state index contributed by atoms with van der Waals surface area (Å²) >= 11 is 4.30. The van der Waals surface area contributed by atoms with E-state index in [2.05, 4.69) is 26.3 Å². The first-order chi connectivity index (χ1) is 12.9. The molecule has 0 spiro atoms. The molecule has 0 atom stereocenters. The van der Waals surface area contributed by atoms with E-state index in [0.29, 0.717) is 12.1 Å². The van der Waals surface area contributed by atoms with Crippen LogP contribution in [0.15, 0.2) is 16.9 Å². The van der Waals surface area contributed by atoms with E-state index in [0.717, 1.165) is 15.8 Å². The smallest absolute Gasteiger partial charge is 0.348 e. The third-order valence-corrected chi connectivity index (χ3v) is 5.11. The van der Waals surface area contributed by atoms with Crippen molar-refractivity contribution in [1.82, 2.24) is 9.78 Å². The minimum absolute atomic E-state index is 0.155. The number of esters is 2. The Labute approximate surface area is 169 Å². The van der Waals surface area contributed by atoms with Crippen LogP contribution in [0.3, 0.4) is 0 Å². The van der Waals surface area contributed by atoms with Gasteiger partial charge in [-0.3, -0.25) is 9.48 Å². The predicted octanol–water partition coefficient (Wildman–Crippen LogP) is 3.40. The maximum Gasteiger partial charge on any atom is 0.348 e. The van der Waals surface area contributed by atoms with Gasteiger partial charge in [-0.15, -0.1) is 11.3 Å². The second kappa shape index (κ2) is 9.65. The van der Waals surface area contributed by atoms with Crippen LogP contribution in [0.5, 0.6) is 0 Å². The molecule has 8 nitrogen and oxygen atoms in total. The topological polar surface area (TPSA) is 99.5 Å². The van der Waals surface area contributed by atoms with Crippen LogP contribution in [0.25, 0.3) is 0 Å². The number of hydrogen-bond acceptors (Lipinski definition) is 7. The number of aryl methyl sites for hydroxylation is 1. The van der Waals surface area contributed by atoms with Crippen LogP contribution >= 0.6 is 27.3 Å². The van der Waals surface area contributed by atoms with Crippen LogP contribution in [0.2, 0.25) is 0 Å². The Balaban J connectivity index is 2.19. The van der Waals surface area contributed by atoms with Crippen molar-refractivity contribution in [2.45, 2.75) is 33.7 Å². The highest BCUT2D eigenvalue weighted by Gasteiger charge is 2.27. The van der Waals surface area contributed by atoms with Gasteiger partial charge in [-0.05, 0) is 42.3 Å². The van der Waals surface area contributed by atoms with Gasteiger partial charge in [0.15, 0.2) is 0 Å². The first-order valence-corrected chi connectivity index (χ1v) is 9.93. The minimum Gasteiger partial charge on any atom is -0.462 e. The van der Waals surface area contributed by atoms with E-state index >= 15 is 0 Å². The Morgan fingerprint density at radius 1 is 1.22 bits per heavy atom. The van der Waals surface area contributed by atoms with Crippen molar-refractivity contribution in [1.29, 1.82) is 0 Å². The Morgan fingerprint density at radius 2 is 1.89 bits per heavy atom. The molecule has 0 aromatic carbocycles. The zero-order valence-electron chi connectivity index (χ0n) is 15.2. The van der Waals surface area contributed by atoms with Gasteiger partial charge in [-0.2, -0.15) is 5.10 Å². The maximum atomic E-state index is 12.3. The van der Waals surface area contributed by atoms with Gasteiger partial charge in [0, 0.05) is 19.2 Å². The van der Waals surface area contributed by atoms with E-state index in [1.54, 1.807) is 37.8 Å². The fourth-order valence-electron chi connectivity index (χ4n) is 2.31. The lowest BCUT2D eigenvalue weighted by atomic mass is 10.1. The van der Waals surface area contributed by atoms with E-state index < -0.39 is 11.9 Å². The molecule has 0 bridgehead atoms. The lowest BCUT2D eigenvalue weighted by molar-refractivity contribution is -0.116. The summed E-state index contributed by atoms with van der Waals surface area (Å²) in [6.45, 7) is 5.79. The Bertz CT molecular complexity index is 846. The average molecular weight is 458 g/mol. The highest BCUT2D eigenvalue weighted by molar-refractivity contribution is 9.10. The number of ether oxygens (including phenoxy) is 2. The normalized spacial score (nSPS) is 10.5. The third kappa shape index (κ3) is 5.39. The monoisotopic (exact) mass is 457 g/mol. The number of hydrogen-bond donors (Lipinski definition) is 1. The largest absolute Gasteiger partial charge is 0.462 e. The second-order valence-electron chi connectivity index (χ2n) is 5.42. The maximum absolute atomic E-state index is 12.3. The van der Waals surface area contributed by atoms with Gasteiger partial charge in [0.2, 0.25) is 5.91 Å². The average Bonchev–Trinajstić information content (AvgIpc) is 3.16. The number of carbonyl (C=O) groups is 3. The third-order valence-electron chi connectivity index (χ3n) is 3.51. The van der Waals surface area contributed by atoms with Gasteiger partial charge in [0.1, 0.15) is 9.88 Å². The molecule has 0 aliphatic rings. The molecule has 10 heteroatoms. The van der Waals surface area contributed by atoms with Gasteiger partial charge in [0.05, 0.1) is 29.4 Å². The number of anilines is 1. The van der Waals surface area contributed by atoms with Crippen LogP contribution < -0.4 is 5.32 Å². The van der Waals surface area contributed by atoms with Gasteiger partial charge < -0.3 is 14.8 Å². The molecule has 0 aliphatic heterocycles. The van der Waals surface area contributed by atoms with E-state index in [9.17, 15) is 14.4 Å². The summed E-state index contributed by atoms with van der Waals surface area (Å²) in [5.74, 6) is -1.43. The molecule has 2 heterocycles. The predicted molar refractivity (Wildman–Crippen MR) is 104 cm³/mol. The number of amides is 1. The van der Waals surface area contributed by atoms with E-state index in [4.69, 9.17) is 9.47 Å². The van der Waals surface area contributed by atoms with E-state index in [-0.39, 0.29) is 41.0 Å². The summed E-state index contributed by atoms with van der Waals surface area (Å²) in [5.41, 5.74) is 0.614. The molecule has 146 valence electrons.